The molecule has 1 N–H and O–H groups in total. The van der Waals surface area contributed by atoms with E-state index in [9.17, 15) is 14.4 Å². The highest BCUT2D eigenvalue weighted by molar-refractivity contribution is 6.04. The van der Waals surface area contributed by atoms with Crippen LogP contribution in [-0.4, -0.2) is 55.2 Å². The zero-order valence-electron chi connectivity index (χ0n) is 12.3. The summed E-state index contributed by atoms with van der Waals surface area (Å²) in [5.41, 5.74) is -0.715. The van der Waals surface area contributed by atoms with Crippen LogP contribution in [0.3, 0.4) is 0 Å². The Labute approximate surface area is 113 Å². The number of hydrogen-bond donors (Lipinski definition) is 1. The maximum atomic E-state index is 11.8. The second-order valence-corrected chi connectivity index (χ2v) is 4.86. The molecule has 0 saturated carbocycles. The van der Waals surface area contributed by atoms with Gasteiger partial charge in [-0.1, -0.05) is 0 Å². The van der Waals surface area contributed by atoms with E-state index in [0.29, 0.717) is 0 Å². The summed E-state index contributed by atoms with van der Waals surface area (Å²) in [7, 11) is 2.68. The Hall–Kier alpha value is -1.79. The van der Waals surface area contributed by atoms with Gasteiger partial charge in [-0.2, -0.15) is 0 Å². The lowest BCUT2D eigenvalue weighted by Crippen LogP contribution is -2.53. The summed E-state index contributed by atoms with van der Waals surface area (Å²) in [5, 5.41) is 2.31. The molecular weight excluding hydrogens is 252 g/mol. The van der Waals surface area contributed by atoms with Gasteiger partial charge < -0.3 is 14.8 Å². The molecule has 0 aromatic carbocycles. The summed E-state index contributed by atoms with van der Waals surface area (Å²) in [6.07, 6.45) is -0.769. The average molecular weight is 274 g/mol. The van der Waals surface area contributed by atoms with Gasteiger partial charge in [0.05, 0.1) is 6.61 Å². The molecule has 0 aliphatic heterocycles. The van der Waals surface area contributed by atoms with Crippen molar-refractivity contribution in [1.29, 1.82) is 0 Å². The van der Waals surface area contributed by atoms with Crippen LogP contribution in [0.1, 0.15) is 27.7 Å². The number of esters is 1. The van der Waals surface area contributed by atoms with E-state index in [-0.39, 0.29) is 6.61 Å². The van der Waals surface area contributed by atoms with E-state index >= 15 is 0 Å². The highest BCUT2D eigenvalue weighted by Gasteiger charge is 2.36. The Morgan fingerprint density at radius 1 is 1.26 bits per heavy atom. The van der Waals surface area contributed by atoms with Crippen LogP contribution in [0.5, 0.6) is 0 Å². The Morgan fingerprint density at radius 3 is 2.16 bits per heavy atom. The van der Waals surface area contributed by atoms with E-state index in [0.717, 1.165) is 4.90 Å². The van der Waals surface area contributed by atoms with E-state index in [2.05, 4.69) is 5.32 Å². The number of carbonyl (C=O) groups excluding carboxylic acids is 3. The van der Waals surface area contributed by atoms with Gasteiger partial charge in [-0.15, -0.1) is 0 Å². The number of nitrogens with one attached hydrogen (secondary N) is 1. The van der Waals surface area contributed by atoms with Crippen LogP contribution >= 0.6 is 0 Å². The Balaban J connectivity index is 5.00. The standard InChI is InChI=1S/C12H22N2O5/c1-7-18-10(16)8(9(15)13-5)14(6)11(17)19-12(2,3)4/h8H,7H2,1-6H3,(H,13,15). The first-order chi connectivity index (χ1) is 8.64. The molecule has 0 bridgehead atoms. The van der Waals surface area contributed by atoms with E-state index in [1.54, 1.807) is 27.7 Å². The first-order valence-corrected chi connectivity index (χ1v) is 5.98. The quantitative estimate of drug-likeness (QED) is 0.597. The van der Waals surface area contributed by atoms with Gasteiger partial charge >= 0.3 is 12.1 Å². The molecule has 2 amide bonds. The van der Waals surface area contributed by atoms with E-state index in [1.807, 2.05) is 0 Å². The van der Waals surface area contributed by atoms with Gasteiger partial charge in [0, 0.05) is 14.1 Å². The summed E-state index contributed by atoms with van der Waals surface area (Å²) in [4.78, 5) is 36.2. The van der Waals surface area contributed by atoms with Crippen molar-refractivity contribution in [2.45, 2.75) is 39.3 Å². The predicted molar refractivity (Wildman–Crippen MR) is 68.5 cm³/mol. The number of ether oxygens (including phenoxy) is 2. The Morgan fingerprint density at radius 2 is 1.79 bits per heavy atom. The van der Waals surface area contributed by atoms with Gasteiger partial charge in [0.2, 0.25) is 6.04 Å². The van der Waals surface area contributed by atoms with Gasteiger partial charge in [-0.25, -0.2) is 9.59 Å². The minimum Gasteiger partial charge on any atom is -0.464 e. The van der Waals surface area contributed by atoms with Crippen LogP contribution in [0.2, 0.25) is 0 Å². The van der Waals surface area contributed by atoms with Crippen LogP contribution in [0.15, 0.2) is 0 Å². The molecule has 0 rings (SSSR count). The number of likely N-dealkylation sites (N-methyl/N-ethyl adjacent to an activating group) is 2. The fourth-order valence-electron chi connectivity index (χ4n) is 1.24. The van der Waals surface area contributed by atoms with Crippen LogP contribution < -0.4 is 5.32 Å². The predicted octanol–water partition coefficient (Wildman–Crippen LogP) is 0.531. The molecular formula is C12H22N2O5. The molecule has 7 nitrogen and oxygen atoms in total. The van der Waals surface area contributed by atoms with E-state index < -0.39 is 29.6 Å². The van der Waals surface area contributed by atoms with Crippen LogP contribution in [0, 0.1) is 0 Å². The van der Waals surface area contributed by atoms with E-state index in [1.165, 1.54) is 14.1 Å². The molecule has 0 fully saturated rings. The minimum atomic E-state index is -1.36. The largest absolute Gasteiger partial charge is 0.464 e. The molecule has 0 aromatic heterocycles. The molecule has 0 spiro atoms. The van der Waals surface area contributed by atoms with Gasteiger partial charge in [0.1, 0.15) is 5.60 Å². The normalized spacial score (nSPS) is 12.3. The van der Waals surface area contributed by atoms with Gasteiger partial charge in [-0.05, 0) is 27.7 Å². The maximum absolute atomic E-state index is 11.8. The molecule has 1 unspecified atom stereocenters. The lowest BCUT2D eigenvalue weighted by Gasteiger charge is -2.28. The molecule has 19 heavy (non-hydrogen) atoms. The molecule has 0 saturated heterocycles. The number of nitrogens with zero attached hydrogens (tertiary/aromatic N) is 1. The number of rotatable bonds is 4. The van der Waals surface area contributed by atoms with Crippen molar-refractivity contribution in [3.8, 4) is 0 Å². The second kappa shape index (κ2) is 6.96. The zero-order chi connectivity index (χ0) is 15.2. The topological polar surface area (TPSA) is 84.9 Å². The number of carbonyl (C=O) groups is 3. The fraction of sp³-hybridized carbons (Fsp3) is 0.750. The molecule has 0 heterocycles. The van der Waals surface area contributed by atoms with Crippen molar-refractivity contribution in [2.24, 2.45) is 0 Å². The van der Waals surface area contributed by atoms with Crippen molar-refractivity contribution in [2.75, 3.05) is 20.7 Å². The Bertz CT molecular complexity index is 349. The lowest BCUT2D eigenvalue weighted by atomic mass is 10.2. The van der Waals surface area contributed by atoms with Crippen molar-refractivity contribution < 1.29 is 23.9 Å². The molecule has 0 aliphatic rings. The monoisotopic (exact) mass is 274 g/mol. The molecule has 0 aliphatic carbocycles. The molecule has 110 valence electrons. The van der Waals surface area contributed by atoms with Crippen LogP contribution in [-0.2, 0) is 19.1 Å². The van der Waals surface area contributed by atoms with Crippen LogP contribution in [0.25, 0.3) is 0 Å². The lowest BCUT2D eigenvalue weighted by molar-refractivity contribution is -0.153. The average Bonchev–Trinajstić information content (AvgIpc) is 2.26. The first kappa shape index (κ1) is 17.2. The molecule has 0 radical (unpaired) electrons. The summed E-state index contributed by atoms with van der Waals surface area (Å²) < 4.78 is 9.88. The summed E-state index contributed by atoms with van der Waals surface area (Å²) >= 11 is 0. The third kappa shape index (κ3) is 5.58. The summed E-state index contributed by atoms with van der Waals surface area (Å²) in [5.74, 6) is -1.43. The Kier molecular flexibility index (Phi) is 6.31. The van der Waals surface area contributed by atoms with Crippen molar-refractivity contribution in [3.05, 3.63) is 0 Å². The zero-order valence-corrected chi connectivity index (χ0v) is 12.3. The van der Waals surface area contributed by atoms with E-state index in [4.69, 9.17) is 9.47 Å². The second-order valence-electron chi connectivity index (χ2n) is 4.86. The maximum Gasteiger partial charge on any atom is 0.411 e. The third-order valence-electron chi connectivity index (χ3n) is 2.07. The number of amides is 2. The van der Waals surface area contributed by atoms with Crippen molar-refractivity contribution in [1.82, 2.24) is 10.2 Å². The van der Waals surface area contributed by atoms with Crippen molar-refractivity contribution >= 4 is 18.0 Å². The van der Waals surface area contributed by atoms with Gasteiger partial charge in [0.15, 0.2) is 0 Å². The number of hydrogen-bond acceptors (Lipinski definition) is 5. The SMILES string of the molecule is CCOC(=O)C(C(=O)NC)N(C)C(=O)OC(C)(C)C. The minimum absolute atomic E-state index is 0.120. The van der Waals surface area contributed by atoms with Crippen molar-refractivity contribution in [3.63, 3.8) is 0 Å². The fourth-order valence-corrected chi connectivity index (χ4v) is 1.24. The van der Waals surface area contributed by atoms with Gasteiger partial charge in [0.25, 0.3) is 5.91 Å². The molecule has 7 heteroatoms. The highest BCUT2D eigenvalue weighted by Crippen LogP contribution is 2.11. The first-order valence-electron chi connectivity index (χ1n) is 5.98. The van der Waals surface area contributed by atoms with Gasteiger partial charge in [-0.3, -0.25) is 9.69 Å². The summed E-state index contributed by atoms with van der Waals surface area (Å²) in [6, 6.07) is -1.36. The summed E-state index contributed by atoms with van der Waals surface area (Å²) in [6.45, 7) is 6.81. The smallest absolute Gasteiger partial charge is 0.411 e. The molecule has 0 aromatic rings. The third-order valence-corrected chi connectivity index (χ3v) is 2.07. The molecule has 1 atom stereocenters. The highest BCUT2D eigenvalue weighted by atomic mass is 16.6. The van der Waals surface area contributed by atoms with Crippen LogP contribution in [0.4, 0.5) is 4.79 Å².